The molecule has 0 unspecified atom stereocenters. The van der Waals surface area contributed by atoms with Gasteiger partial charge in [0.2, 0.25) is 5.91 Å². The Hall–Kier alpha value is -2.85. The molecule has 1 amide bonds. The van der Waals surface area contributed by atoms with Gasteiger partial charge >= 0.3 is 0 Å². The zero-order chi connectivity index (χ0) is 19.3. The highest BCUT2D eigenvalue weighted by Crippen LogP contribution is 2.37. The number of carbonyl (C=O) groups is 1. The summed E-state index contributed by atoms with van der Waals surface area (Å²) in [7, 11) is -3.72. The van der Waals surface area contributed by atoms with Crippen LogP contribution in [0.3, 0.4) is 0 Å². The van der Waals surface area contributed by atoms with Crippen LogP contribution in [0.4, 0.5) is 5.69 Å². The second-order valence-corrected chi connectivity index (χ2v) is 8.34. The van der Waals surface area contributed by atoms with Gasteiger partial charge in [-0.05, 0) is 36.6 Å². The van der Waals surface area contributed by atoms with Gasteiger partial charge in [-0.1, -0.05) is 49.2 Å². The van der Waals surface area contributed by atoms with E-state index in [9.17, 15) is 18.5 Å². The summed E-state index contributed by atoms with van der Waals surface area (Å²) in [4.78, 5) is 12.7. The number of anilines is 1. The summed E-state index contributed by atoms with van der Waals surface area (Å²) < 4.78 is 27.7. The minimum atomic E-state index is -3.72. The van der Waals surface area contributed by atoms with E-state index in [-0.39, 0.29) is 17.3 Å². The number of para-hydroxylation sites is 1. The number of nitrogens with zero attached hydrogens (tertiary/aromatic N) is 1. The van der Waals surface area contributed by atoms with Crippen LogP contribution in [0.2, 0.25) is 0 Å². The van der Waals surface area contributed by atoms with Crippen LogP contribution in [0.15, 0.2) is 59.5 Å². The first-order valence-corrected chi connectivity index (χ1v) is 10.3. The third-order valence-electron chi connectivity index (χ3n) is 4.86. The van der Waals surface area contributed by atoms with Crippen molar-refractivity contribution in [2.24, 2.45) is 5.41 Å². The van der Waals surface area contributed by atoms with E-state index in [1.807, 2.05) is 0 Å². The Bertz CT molecular complexity index is 959. The number of benzene rings is 2. The predicted molar refractivity (Wildman–Crippen MR) is 102 cm³/mol. The Kier molecular flexibility index (Phi) is 5.47. The van der Waals surface area contributed by atoms with Crippen molar-refractivity contribution in [1.82, 2.24) is 5.32 Å². The molecule has 2 N–H and O–H groups in total. The molecule has 3 rings (SSSR count). The standard InChI is InChI=1S/C20H21N3O3S/c21-15-20(12-6-7-13-20)19(24)22-14-16-8-4-5-11-18(16)23-27(25,26)17-9-2-1-3-10-17/h1-5,8-11,23H,6-7,12-14H2,(H,22,24). The van der Waals surface area contributed by atoms with Crippen molar-refractivity contribution in [3.63, 3.8) is 0 Å². The Morgan fingerprint density at radius 2 is 1.67 bits per heavy atom. The lowest BCUT2D eigenvalue weighted by Crippen LogP contribution is -2.38. The average Bonchev–Trinajstić information content (AvgIpc) is 3.18. The number of nitrogens with one attached hydrogen (secondary N) is 2. The Balaban J connectivity index is 1.75. The molecule has 0 atom stereocenters. The summed E-state index contributed by atoms with van der Waals surface area (Å²) in [6.45, 7) is 0.149. The largest absolute Gasteiger partial charge is 0.351 e. The minimum absolute atomic E-state index is 0.149. The average molecular weight is 383 g/mol. The van der Waals surface area contributed by atoms with Gasteiger partial charge in [0.05, 0.1) is 16.7 Å². The fourth-order valence-electron chi connectivity index (χ4n) is 3.29. The summed E-state index contributed by atoms with van der Waals surface area (Å²) in [5.74, 6) is -0.289. The molecule has 1 saturated carbocycles. The lowest BCUT2D eigenvalue weighted by Gasteiger charge is -2.20. The number of hydrogen-bond acceptors (Lipinski definition) is 4. The van der Waals surface area contributed by atoms with Crippen molar-refractivity contribution < 1.29 is 13.2 Å². The third-order valence-corrected chi connectivity index (χ3v) is 6.24. The highest BCUT2D eigenvalue weighted by atomic mass is 32.2. The minimum Gasteiger partial charge on any atom is -0.351 e. The van der Waals surface area contributed by atoms with E-state index in [2.05, 4.69) is 16.1 Å². The van der Waals surface area contributed by atoms with Gasteiger partial charge in [0, 0.05) is 6.54 Å². The summed E-state index contributed by atoms with van der Waals surface area (Å²) in [6, 6.07) is 17.2. The maximum atomic E-state index is 12.6. The lowest BCUT2D eigenvalue weighted by molar-refractivity contribution is -0.128. The zero-order valence-corrected chi connectivity index (χ0v) is 15.6. The number of rotatable bonds is 6. The Labute approximate surface area is 159 Å². The van der Waals surface area contributed by atoms with E-state index in [0.717, 1.165) is 12.8 Å². The highest BCUT2D eigenvalue weighted by molar-refractivity contribution is 7.92. The maximum Gasteiger partial charge on any atom is 0.261 e. The lowest BCUT2D eigenvalue weighted by atomic mass is 9.87. The number of sulfonamides is 1. The van der Waals surface area contributed by atoms with Crippen LogP contribution in [0, 0.1) is 16.7 Å². The molecule has 7 heteroatoms. The van der Waals surface area contributed by atoms with Crippen molar-refractivity contribution in [1.29, 1.82) is 5.26 Å². The van der Waals surface area contributed by atoms with Gasteiger partial charge in [0.1, 0.15) is 5.41 Å². The Morgan fingerprint density at radius 3 is 2.33 bits per heavy atom. The fourth-order valence-corrected chi connectivity index (χ4v) is 4.41. The van der Waals surface area contributed by atoms with E-state index in [1.165, 1.54) is 12.1 Å². The van der Waals surface area contributed by atoms with Crippen LogP contribution in [0.5, 0.6) is 0 Å². The van der Waals surface area contributed by atoms with Crippen molar-refractivity contribution >= 4 is 21.6 Å². The molecule has 0 saturated heterocycles. The van der Waals surface area contributed by atoms with Crippen molar-refractivity contribution in [2.75, 3.05) is 4.72 Å². The molecule has 0 aliphatic heterocycles. The maximum absolute atomic E-state index is 12.6. The van der Waals surface area contributed by atoms with Gasteiger partial charge in [-0.15, -0.1) is 0 Å². The monoisotopic (exact) mass is 383 g/mol. The molecule has 1 aliphatic rings. The topological polar surface area (TPSA) is 99.1 Å². The van der Waals surface area contributed by atoms with Crippen LogP contribution in [-0.2, 0) is 21.4 Å². The fraction of sp³-hybridized carbons (Fsp3) is 0.300. The first-order chi connectivity index (χ1) is 13.0. The highest BCUT2D eigenvalue weighted by Gasteiger charge is 2.41. The van der Waals surface area contributed by atoms with Gasteiger partial charge in [0.15, 0.2) is 0 Å². The normalized spacial score (nSPS) is 15.7. The first-order valence-electron chi connectivity index (χ1n) is 8.82. The first kappa shape index (κ1) is 18.9. The third kappa shape index (κ3) is 4.12. The zero-order valence-electron chi connectivity index (χ0n) is 14.8. The number of amides is 1. The number of nitriles is 1. The molecule has 0 aromatic heterocycles. The molecule has 1 fully saturated rings. The van der Waals surface area contributed by atoms with Gasteiger partial charge in [-0.25, -0.2) is 8.42 Å². The molecule has 27 heavy (non-hydrogen) atoms. The van der Waals surface area contributed by atoms with Crippen molar-refractivity contribution in [2.45, 2.75) is 37.1 Å². The number of carbonyl (C=O) groups excluding carboxylic acids is 1. The summed E-state index contributed by atoms with van der Waals surface area (Å²) in [5, 5.41) is 12.2. The van der Waals surface area contributed by atoms with E-state index in [1.54, 1.807) is 42.5 Å². The van der Waals surface area contributed by atoms with Crippen LogP contribution in [0.25, 0.3) is 0 Å². The number of hydrogen-bond donors (Lipinski definition) is 2. The van der Waals surface area contributed by atoms with Gasteiger partial charge < -0.3 is 5.32 Å². The van der Waals surface area contributed by atoms with E-state index < -0.39 is 15.4 Å². The molecular formula is C20H21N3O3S. The smallest absolute Gasteiger partial charge is 0.261 e. The van der Waals surface area contributed by atoms with Gasteiger partial charge in [-0.3, -0.25) is 9.52 Å². The molecule has 1 aliphatic carbocycles. The quantitative estimate of drug-likeness (QED) is 0.800. The van der Waals surface area contributed by atoms with Gasteiger partial charge in [0.25, 0.3) is 10.0 Å². The summed E-state index contributed by atoms with van der Waals surface area (Å²) in [5.41, 5.74) is 0.0777. The molecule has 2 aromatic carbocycles. The summed E-state index contributed by atoms with van der Waals surface area (Å²) >= 11 is 0. The molecule has 0 radical (unpaired) electrons. The molecule has 0 spiro atoms. The molecule has 2 aromatic rings. The van der Waals surface area contributed by atoms with Crippen LogP contribution in [-0.4, -0.2) is 14.3 Å². The molecular weight excluding hydrogens is 362 g/mol. The Morgan fingerprint density at radius 1 is 1.04 bits per heavy atom. The SMILES string of the molecule is N#CC1(C(=O)NCc2ccccc2NS(=O)(=O)c2ccccc2)CCCC1. The molecule has 0 bridgehead atoms. The molecule has 6 nitrogen and oxygen atoms in total. The van der Waals surface area contributed by atoms with E-state index in [4.69, 9.17) is 0 Å². The van der Waals surface area contributed by atoms with Crippen LogP contribution >= 0.6 is 0 Å². The van der Waals surface area contributed by atoms with Crippen molar-refractivity contribution in [3.8, 4) is 6.07 Å². The molecule has 0 heterocycles. The van der Waals surface area contributed by atoms with Crippen molar-refractivity contribution in [3.05, 3.63) is 60.2 Å². The van der Waals surface area contributed by atoms with E-state index in [0.29, 0.717) is 24.1 Å². The predicted octanol–water partition coefficient (Wildman–Crippen LogP) is 3.19. The summed E-state index contributed by atoms with van der Waals surface area (Å²) in [6.07, 6.45) is 2.87. The van der Waals surface area contributed by atoms with Gasteiger partial charge in [-0.2, -0.15) is 5.26 Å². The second-order valence-electron chi connectivity index (χ2n) is 6.66. The van der Waals surface area contributed by atoms with Crippen LogP contribution in [0.1, 0.15) is 31.2 Å². The van der Waals surface area contributed by atoms with Crippen LogP contribution < -0.4 is 10.0 Å². The molecule has 140 valence electrons. The van der Waals surface area contributed by atoms with E-state index >= 15 is 0 Å². The second kappa shape index (κ2) is 7.80.